The van der Waals surface area contributed by atoms with Gasteiger partial charge in [-0.3, -0.25) is 10.0 Å². The summed E-state index contributed by atoms with van der Waals surface area (Å²) in [5, 5.41) is 10.3. The van der Waals surface area contributed by atoms with Crippen molar-refractivity contribution in [2.24, 2.45) is 5.41 Å². The van der Waals surface area contributed by atoms with Crippen LogP contribution < -0.4 is 0 Å². The van der Waals surface area contributed by atoms with Crippen LogP contribution in [0.1, 0.15) is 25.8 Å². The summed E-state index contributed by atoms with van der Waals surface area (Å²) in [5.74, 6) is -0.853. The van der Waals surface area contributed by atoms with Gasteiger partial charge in [0.15, 0.2) is 9.84 Å². The second kappa shape index (κ2) is 7.07. The zero-order chi connectivity index (χ0) is 17.0. The molecule has 1 aromatic carbocycles. The summed E-state index contributed by atoms with van der Waals surface area (Å²) in [4.78, 5) is 12.3. The number of sulfone groups is 1. The van der Waals surface area contributed by atoms with Gasteiger partial charge in [-0.25, -0.2) is 13.5 Å². The Morgan fingerprint density at radius 2 is 1.86 bits per heavy atom. The van der Waals surface area contributed by atoms with E-state index in [9.17, 15) is 18.4 Å². The van der Waals surface area contributed by atoms with E-state index in [0.29, 0.717) is 11.5 Å². The number of carbonyl (C=O) groups excluding carboxylic acids is 1. The maximum atomic E-state index is 12.2. The third-order valence-electron chi connectivity index (χ3n) is 3.42. The van der Waals surface area contributed by atoms with Gasteiger partial charge in [-0.15, -0.1) is 6.58 Å². The van der Waals surface area contributed by atoms with Gasteiger partial charge < -0.3 is 0 Å². The molecule has 0 unspecified atom stereocenters. The van der Waals surface area contributed by atoms with Crippen LogP contribution in [0.3, 0.4) is 0 Å². The molecule has 1 N–H and O–H groups in total. The summed E-state index contributed by atoms with van der Waals surface area (Å²) in [6.45, 7) is 8.52. The van der Waals surface area contributed by atoms with Crippen LogP contribution in [0.4, 0.5) is 0 Å². The van der Waals surface area contributed by atoms with Crippen molar-refractivity contribution < 1.29 is 18.4 Å². The summed E-state index contributed by atoms with van der Waals surface area (Å²) in [6, 6.07) is 6.47. The fourth-order valence-corrected chi connectivity index (χ4v) is 3.17. The van der Waals surface area contributed by atoms with Gasteiger partial charge in [-0.1, -0.05) is 37.6 Å². The van der Waals surface area contributed by atoms with Crippen molar-refractivity contribution in [1.29, 1.82) is 0 Å². The Hall–Kier alpha value is -1.66. The van der Waals surface area contributed by atoms with Crippen molar-refractivity contribution in [3.8, 4) is 0 Å². The van der Waals surface area contributed by atoms with Crippen molar-refractivity contribution in [2.45, 2.75) is 32.1 Å². The Balaban J connectivity index is 2.74. The van der Waals surface area contributed by atoms with E-state index in [1.165, 1.54) is 12.1 Å². The lowest BCUT2D eigenvalue weighted by Crippen LogP contribution is -2.40. The van der Waals surface area contributed by atoms with Gasteiger partial charge in [0.25, 0.3) is 5.91 Å². The molecular formula is C16H23NO4S. The zero-order valence-electron chi connectivity index (χ0n) is 13.2. The van der Waals surface area contributed by atoms with E-state index in [0.717, 1.165) is 5.56 Å². The van der Waals surface area contributed by atoms with Crippen molar-refractivity contribution >= 4 is 15.7 Å². The molecule has 0 aromatic heterocycles. The molecule has 1 rings (SSSR count). The van der Waals surface area contributed by atoms with Crippen molar-refractivity contribution in [3.05, 3.63) is 42.5 Å². The van der Waals surface area contributed by atoms with E-state index in [1.54, 1.807) is 32.1 Å². The average molecular weight is 325 g/mol. The van der Waals surface area contributed by atoms with Gasteiger partial charge in [-0.2, -0.15) is 0 Å². The molecule has 6 heteroatoms. The van der Waals surface area contributed by atoms with Gasteiger partial charge in [0.2, 0.25) is 0 Å². The van der Waals surface area contributed by atoms with Crippen molar-refractivity contribution in [1.82, 2.24) is 5.06 Å². The van der Waals surface area contributed by atoms with Gasteiger partial charge in [0.05, 0.1) is 17.2 Å². The fourth-order valence-electron chi connectivity index (χ4n) is 1.97. The number of nitrogens with zero attached hydrogens (tertiary/aromatic N) is 1. The highest BCUT2D eigenvalue weighted by Crippen LogP contribution is 2.23. The molecule has 0 atom stereocenters. The predicted octanol–water partition coefficient (Wildman–Crippen LogP) is 2.59. The second-order valence-corrected chi connectivity index (χ2v) is 8.05. The molecule has 0 aliphatic rings. The highest BCUT2D eigenvalue weighted by molar-refractivity contribution is 7.91. The van der Waals surface area contributed by atoms with Gasteiger partial charge in [0, 0.05) is 5.41 Å². The molecule has 0 radical (unpaired) electrons. The lowest BCUT2D eigenvalue weighted by Gasteiger charge is -2.26. The molecule has 0 saturated heterocycles. The molecule has 0 aliphatic carbocycles. The zero-order valence-corrected chi connectivity index (χ0v) is 14.1. The van der Waals surface area contributed by atoms with Crippen LogP contribution in [0.2, 0.25) is 0 Å². The molecule has 0 spiro atoms. The van der Waals surface area contributed by atoms with Crippen LogP contribution >= 0.6 is 0 Å². The lowest BCUT2D eigenvalue weighted by atomic mass is 9.88. The van der Waals surface area contributed by atoms with Crippen molar-refractivity contribution in [3.63, 3.8) is 0 Å². The topological polar surface area (TPSA) is 74.7 Å². The lowest BCUT2D eigenvalue weighted by molar-refractivity contribution is -0.174. The molecule has 22 heavy (non-hydrogen) atoms. The van der Waals surface area contributed by atoms with Crippen LogP contribution in [0.5, 0.6) is 0 Å². The smallest absolute Gasteiger partial charge is 0.251 e. The third-order valence-corrected chi connectivity index (χ3v) is 5.13. The Morgan fingerprint density at radius 3 is 2.36 bits per heavy atom. The highest BCUT2D eigenvalue weighted by atomic mass is 32.2. The van der Waals surface area contributed by atoms with E-state index in [1.807, 2.05) is 6.92 Å². The van der Waals surface area contributed by atoms with Gasteiger partial charge in [0.1, 0.15) is 0 Å². The molecule has 122 valence electrons. The number of rotatable bonds is 7. The minimum absolute atomic E-state index is 0.185. The number of allylic oxidation sites excluding steroid dienone is 1. The summed E-state index contributed by atoms with van der Waals surface area (Å²) < 4.78 is 24.4. The number of hydrogen-bond donors (Lipinski definition) is 1. The number of hydrogen-bond acceptors (Lipinski definition) is 4. The molecule has 0 fully saturated rings. The maximum absolute atomic E-state index is 12.2. The number of aryl methyl sites for hydroxylation is 1. The quantitative estimate of drug-likeness (QED) is 0.475. The summed E-state index contributed by atoms with van der Waals surface area (Å²) in [5.41, 5.74) is 0.147. The van der Waals surface area contributed by atoms with Gasteiger partial charge >= 0.3 is 0 Å². The molecule has 1 amide bonds. The Kier molecular flexibility index (Phi) is 5.91. The first-order valence-corrected chi connectivity index (χ1v) is 8.66. The number of carbonyl (C=O) groups is 1. The molecule has 5 nitrogen and oxygen atoms in total. The maximum Gasteiger partial charge on any atom is 0.251 e. The van der Waals surface area contributed by atoms with E-state index < -0.39 is 21.2 Å². The number of hydroxylamine groups is 2. The van der Waals surface area contributed by atoms with Gasteiger partial charge in [-0.05, 0) is 25.5 Å². The fraction of sp³-hybridized carbons (Fsp3) is 0.438. The normalized spacial score (nSPS) is 12.0. The molecule has 0 aliphatic heterocycles. The number of benzene rings is 1. The van der Waals surface area contributed by atoms with E-state index in [4.69, 9.17) is 0 Å². The Bertz CT molecular complexity index is 633. The molecule has 0 heterocycles. The van der Waals surface area contributed by atoms with Crippen LogP contribution in [0.15, 0.2) is 41.8 Å². The van der Waals surface area contributed by atoms with Crippen LogP contribution in [-0.2, 0) is 14.6 Å². The van der Waals surface area contributed by atoms with E-state index in [-0.39, 0.29) is 17.2 Å². The molecule has 0 bridgehead atoms. The van der Waals surface area contributed by atoms with Crippen molar-refractivity contribution in [2.75, 3.05) is 12.3 Å². The Morgan fingerprint density at radius 1 is 1.32 bits per heavy atom. The molecule has 1 aromatic rings. The largest absolute Gasteiger partial charge is 0.286 e. The first-order chi connectivity index (χ1) is 10.1. The third kappa shape index (κ3) is 4.68. The summed E-state index contributed by atoms with van der Waals surface area (Å²) >= 11 is 0. The summed E-state index contributed by atoms with van der Waals surface area (Å²) in [6.07, 6.45) is 1.99. The van der Waals surface area contributed by atoms with Crippen LogP contribution in [0.25, 0.3) is 0 Å². The van der Waals surface area contributed by atoms with Crippen LogP contribution in [-0.4, -0.2) is 36.9 Å². The summed E-state index contributed by atoms with van der Waals surface area (Å²) in [7, 11) is -3.54. The monoisotopic (exact) mass is 325 g/mol. The minimum atomic E-state index is -3.54. The number of amides is 1. The molecular weight excluding hydrogens is 302 g/mol. The predicted molar refractivity (Wildman–Crippen MR) is 85.3 cm³/mol. The minimum Gasteiger partial charge on any atom is -0.286 e. The average Bonchev–Trinajstić information content (AvgIpc) is 2.44. The van der Waals surface area contributed by atoms with E-state index >= 15 is 0 Å². The highest BCUT2D eigenvalue weighted by Gasteiger charge is 2.31. The molecule has 0 saturated carbocycles. The first kappa shape index (κ1) is 18.4. The first-order valence-electron chi connectivity index (χ1n) is 7.01. The standard InChI is InChI=1S/C16H23NO4S/c1-5-10-16(3,4)15(18)17(19)11-12-22(20,21)14-8-6-13(2)7-9-14/h5-9,19H,1,10-12H2,2-4H3. The SMILES string of the molecule is C=CCC(C)(C)C(=O)N(O)CCS(=O)(=O)c1ccc(C)cc1. The second-order valence-electron chi connectivity index (χ2n) is 5.94. The van der Waals surface area contributed by atoms with Crippen LogP contribution in [0, 0.1) is 12.3 Å². The Labute approximate surface area is 132 Å². The van der Waals surface area contributed by atoms with E-state index in [2.05, 4.69) is 6.58 Å².